The minimum absolute atomic E-state index is 0.937. The second kappa shape index (κ2) is 6.58. The quantitative estimate of drug-likeness (QED) is 0.773. The summed E-state index contributed by atoms with van der Waals surface area (Å²) in [5, 5.41) is 3.48. The molecule has 0 spiro atoms. The number of nitrogens with one attached hydrogen (secondary N) is 1. The van der Waals surface area contributed by atoms with Gasteiger partial charge in [-0.25, -0.2) is 0 Å². The van der Waals surface area contributed by atoms with E-state index in [1.807, 2.05) is 0 Å². The first-order valence-corrected chi connectivity index (χ1v) is 7.04. The first kappa shape index (κ1) is 12.3. The van der Waals surface area contributed by atoms with Crippen LogP contribution < -0.4 is 5.32 Å². The van der Waals surface area contributed by atoms with Crippen molar-refractivity contribution in [1.29, 1.82) is 0 Å². The summed E-state index contributed by atoms with van der Waals surface area (Å²) in [6.45, 7) is 12.6. The van der Waals surface area contributed by atoms with Crippen molar-refractivity contribution in [2.45, 2.75) is 26.2 Å². The van der Waals surface area contributed by atoms with Crippen LogP contribution >= 0.6 is 0 Å². The van der Waals surface area contributed by atoms with Crippen LogP contribution in [0, 0.1) is 5.92 Å². The van der Waals surface area contributed by atoms with E-state index >= 15 is 0 Å². The monoisotopic (exact) mass is 225 g/mol. The first-order valence-electron chi connectivity index (χ1n) is 7.04. The Morgan fingerprint density at radius 3 is 2.44 bits per heavy atom. The third-order valence-corrected chi connectivity index (χ3v) is 3.99. The molecule has 1 N–H and O–H groups in total. The summed E-state index contributed by atoms with van der Waals surface area (Å²) in [4.78, 5) is 5.29. The number of hydrogen-bond donors (Lipinski definition) is 1. The van der Waals surface area contributed by atoms with Gasteiger partial charge >= 0.3 is 0 Å². The second-order valence-corrected chi connectivity index (χ2v) is 5.31. The average Bonchev–Trinajstić information content (AvgIpc) is 2.69. The van der Waals surface area contributed by atoms with Crippen molar-refractivity contribution in [1.82, 2.24) is 15.1 Å². The fourth-order valence-electron chi connectivity index (χ4n) is 2.99. The predicted octanol–water partition coefficient (Wildman–Crippen LogP) is 1.01. The minimum atomic E-state index is 0.937. The summed E-state index contributed by atoms with van der Waals surface area (Å²) in [6, 6.07) is 0. The fraction of sp³-hybridized carbons (Fsp3) is 1.00. The first-order chi connectivity index (χ1) is 7.88. The molecule has 3 nitrogen and oxygen atoms in total. The lowest BCUT2D eigenvalue weighted by atomic mass is 10.1. The van der Waals surface area contributed by atoms with Crippen LogP contribution in [0.25, 0.3) is 0 Å². The van der Waals surface area contributed by atoms with E-state index in [1.165, 1.54) is 71.6 Å². The molecule has 2 rings (SSSR count). The standard InChI is InChI=1S/C13H27N3/c1-2-15-10-5-13(11-15)12-16-8-3-6-14-7-4-9-16/h13-14H,2-12H2,1H3. The molecule has 1 atom stereocenters. The van der Waals surface area contributed by atoms with Gasteiger partial charge in [-0.1, -0.05) is 6.92 Å². The van der Waals surface area contributed by atoms with Gasteiger partial charge < -0.3 is 15.1 Å². The number of hydrogen-bond acceptors (Lipinski definition) is 3. The number of rotatable bonds is 3. The molecule has 94 valence electrons. The van der Waals surface area contributed by atoms with E-state index in [2.05, 4.69) is 22.0 Å². The van der Waals surface area contributed by atoms with Crippen molar-refractivity contribution in [3.05, 3.63) is 0 Å². The highest BCUT2D eigenvalue weighted by Gasteiger charge is 2.23. The van der Waals surface area contributed by atoms with Gasteiger partial charge in [-0.05, 0) is 64.4 Å². The molecule has 0 aromatic rings. The van der Waals surface area contributed by atoms with E-state index in [9.17, 15) is 0 Å². The Bertz CT molecular complexity index is 188. The van der Waals surface area contributed by atoms with Gasteiger partial charge in [0, 0.05) is 13.1 Å². The molecular weight excluding hydrogens is 198 g/mol. The Morgan fingerprint density at radius 1 is 1.06 bits per heavy atom. The summed E-state index contributed by atoms with van der Waals surface area (Å²) in [5.41, 5.74) is 0. The molecule has 0 aliphatic carbocycles. The normalized spacial score (nSPS) is 30.2. The Hall–Kier alpha value is -0.120. The molecule has 0 radical (unpaired) electrons. The van der Waals surface area contributed by atoms with Crippen LogP contribution in [-0.2, 0) is 0 Å². The van der Waals surface area contributed by atoms with E-state index < -0.39 is 0 Å². The van der Waals surface area contributed by atoms with Crippen LogP contribution in [0.4, 0.5) is 0 Å². The molecule has 3 heteroatoms. The lowest BCUT2D eigenvalue weighted by Gasteiger charge is -2.27. The molecule has 0 bridgehead atoms. The van der Waals surface area contributed by atoms with Gasteiger partial charge in [-0.15, -0.1) is 0 Å². The van der Waals surface area contributed by atoms with Crippen molar-refractivity contribution in [3.63, 3.8) is 0 Å². The molecule has 2 fully saturated rings. The van der Waals surface area contributed by atoms with Gasteiger partial charge in [0.2, 0.25) is 0 Å². The molecule has 0 amide bonds. The van der Waals surface area contributed by atoms with Crippen LogP contribution in [0.1, 0.15) is 26.2 Å². The lowest BCUT2D eigenvalue weighted by molar-refractivity contribution is 0.213. The summed E-state index contributed by atoms with van der Waals surface area (Å²) in [7, 11) is 0. The Morgan fingerprint density at radius 2 is 1.81 bits per heavy atom. The van der Waals surface area contributed by atoms with Crippen LogP contribution in [-0.4, -0.2) is 62.2 Å². The predicted molar refractivity (Wildman–Crippen MR) is 68.8 cm³/mol. The molecule has 2 heterocycles. The Balaban J connectivity index is 1.71. The third kappa shape index (κ3) is 3.72. The van der Waals surface area contributed by atoms with Crippen LogP contribution in [0.5, 0.6) is 0 Å². The molecule has 0 aromatic carbocycles. The topological polar surface area (TPSA) is 18.5 Å². The second-order valence-electron chi connectivity index (χ2n) is 5.31. The van der Waals surface area contributed by atoms with Gasteiger partial charge in [0.05, 0.1) is 0 Å². The number of likely N-dealkylation sites (tertiary alicyclic amines) is 1. The van der Waals surface area contributed by atoms with Gasteiger partial charge in [0.1, 0.15) is 0 Å². The van der Waals surface area contributed by atoms with E-state index in [1.54, 1.807) is 0 Å². The molecule has 16 heavy (non-hydrogen) atoms. The Labute approximate surface area is 100 Å². The SMILES string of the molecule is CCN1CCC(CN2CCCNCCC2)C1. The largest absolute Gasteiger partial charge is 0.317 e. The van der Waals surface area contributed by atoms with Crippen LogP contribution in [0.15, 0.2) is 0 Å². The molecule has 0 aromatic heterocycles. The van der Waals surface area contributed by atoms with E-state index in [0.717, 1.165) is 5.92 Å². The van der Waals surface area contributed by atoms with Crippen molar-refractivity contribution in [2.75, 3.05) is 52.4 Å². The van der Waals surface area contributed by atoms with Crippen LogP contribution in [0.2, 0.25) is 0 Å². The zero-order valence-electron chi connectivity index (χ0n) is 10.7. The molecular formula is C13H27N3. The summed E-state index contributed by atoms with van der Waals surface area (Å²) in [6.07, 6.45) is 4.07. The Kier molecular flexibility index (Phi) is 5.07. The smallest absolute Gasteiger partial charge is 0.00224 e. The minimum Gasteiger partial charge on any atom is -0.317 e. The van der Waals surface area contributed by atoms with Gasteiger partial charge in [0.25, 0.3) is 0 Å². The summed E-state index contributed by atoms with van der Waals surface area (Å²) < 4.78 is 0. The number of nitrogens with zero attached hydrogens (tertiary/aromatic N) is 2. The van der Waals surface area contributed by atoms with Crippen LogP contribution in [0.3, 0.4) is 0 Å². The molecule has 2 aliphatic heterocycles. The van der Waals surface area contributed by atoms with E-state index in [0.29, 0.717) is 0 Å². The van der Waals surface area contributed by atoms with Crippen molar-refractivity contribution >= 4 is 0 Å². The average molecular weight is 225 g/mol. The molecule has 1 unspecified atom stereocenters. The van der Waals surface area contributed by atoms with Crippen molar-refractivity contribution in [2.24, 2.45) is 5.92 Å². The zero-order chi connectivity index (χ0) is 11.2. The summed E-state index contributed by atoms with van der Waals surface area (Å²) >= 11 is 0. The maximum atomic E-state index is 3.48. The van der Waals surface area contributed by atoms with Gasteiger partial charge in [0.15, 0.2) is 0 Å². The molecule has 2 aliphatic rings. The maximum Gasteiger partial charge on any atom is 0.00224 e. The van der Waals surface area contributed by atoms with Gasteiger partial charge in [-0.2, -0.15) is 0 Å². The lowest BCUT2D eigenvalue weighted by Crippen LogP contribution is -2.37. The third-order valence-electron chi connectivity index (χ3n) is 3.99. The van der Waals surface area contributed by atoms with E-state index in [4.69, 9.17) is 0 Å². The molecule has 2 saturated heterocycles. The van der Waals surface area contributed by atoms with Gasteiger partial charge in [-0.3, -0.25) is 0 Å². The highest BCUT2D eigenvalue weighted by Crippen LogP contribution is 2.17. The maximum absolute atomic E-state index is 3.48. The van der Waals surface area contributed by atoms with Crippen molar-refractivity contribution < 1.29 is 0 Å². The van der Waals surface area contributed by atoms with Crippen molar-refractivity contribution in [3.8, 4) is 0 Å². The van der Waals surface area contributed by atoms with E-state index in [-0.39, 0.29) is 0 Å². The highest BCUT2D eigenvalue weighted by atomic mass is 15.2. The molecule has 0 saturated carbocycles. The highest BCUT2D eigenvalue weighted by molar-refractivity contribution is 4.78. The fourth-order valence-corrected chi connectivity index (χ4v) is 2.99. The summed E-state index contributed by atoms with van der Waals surface area (Å²) in [5.74, 6) is 0.937. The zero-order valence-corrected chi connectivity index (χ0v) is 10.7.